The van der Waals surface area contributed by atoms with E-state index in [0.717, 1.165) is 12.2 Å². The first-order valence-corrected chi connectivity index (χ1v) is 5.01. The molecule has 0 saturated carbocycles. The van der Waals surface area contributed by atoms with Gasteiger partial charge in [-0.3, -0.25) is 14.4 Å². The molecule has 0 atom stereocenters. The van der Waals surface area contributed by atoms with Gasteiger partial charge < -0.3 is 0 Å². The molecule has 3 nitrogen and oxygen atoms in total. The summed E-state index contributed by atoms with van der Waals surface area (Å²) in [4.78, 5) is 35.3. The Labute approximate surface area is 96.2 Å². The predicted octanol–water partition coefficient (Wildman–Crippen LogP) is 2.12. The molecule has 0 spiro atoms. The third-order valence-electron chi connectivity index (χ3n) is 2.74. The van der Waals surface area contributed by atoms with Crippen molar-refractivity contribution >= 4 is 17.3 Å². The quantitative estimate of drug-likeness (QED) is 0.511. The minimum atomic E-state index is -1.23. The Balaban J connectivity index is 5.36. The monoisotopic (exact) mass is 222 g/mol. The van der Waals surface area contributed by atoms with Crippen LogP contribution in [0.15, 0.2) is 25.3 Å². The molecule has 0 radical (unpaired) electrons. The summed E-state index contributed by atoms with van der Waals surface area (Å²) in [6.07, 6.45) is 2.21. The van der Waals surface area contributed by atoms with E-state index in [9.17, 15) is 14.4 Å². The van der Waals surface area contributed by atoms with Crippen LogP contribution in [0.5, 0.6) is 0 Å². The Hall–Kier alpha value is -1.51. The summed E-state index contributed by atoms with van der Waals surface area (Å²) in [6, 6.07) is 0. The summed E-state index contributed by atoms with van der Waals surface area (Å²) >= 11 is 0. The van der Waals surface area contributed by atoms with Crippen LogP contribution in [0.3, 0.4) is 0 Å². The lowest BCUT2D eigenvalue weighted by Crippen LogP contribution is -2.45. The normalized spacial score (nSPS) is 11.8. The van der Waals surface area contributed by atoms with Gasteiger partial charge in [0, 0.05) is 0 Å². The molecule has 0 N–H and O–H groups in total. The molecule has 0 aliphatic rings. The number of carbonyl (C=O) groups excluding carboxylic acids is 3. The van der Waals surface area contributed by atoms with E-state index in [2.05, 4.69) is 13.2 Å². The highest BCUT2D eigenvalue weighted by Crippen LogP contribution is 2.31. The van der Waals surface area contributed by atoms with E-state index in [1.165, 1.54) is 27.7 Å². The molecule has 0 bridgehead atoms. The molecule has 0 fully saturated rings. The Morgan fingerprint density at radius 1 is 0.812 bits per heavy atom. The maximum atomic E-state index is 12.1. The van der Waals surface area contributed by atoms with Gasteiger partial charge in [0.1, 0.15) is 0 Å². The fourth-order valence-corrected chi connectivity index (χ4v) is 1.52. The SMILES string of the molecule is C=CC(=O)C(C)(C)C(=O)C(C)(C)C(=O)C=C. The van der Waals surface area contributed by atoms with Gasteiger partial charge >= 0.3 is 0 Å². The highest BCUT2D eigenvalue weighted by molar-refractivity contribution is 6.20. The van der Waals surface area contributed by atoms with E-state index in [0.29, 0.717) is 0 Å². The summed E-state index contributed by atoms with van der Waals surface area (Å²) in [5, 5.41) is 0. The zero-order chi connectivity index (χ0) is 13.1. The van der Waals surface area contributed by atoms with Gasteiger partial charge in [0.25, 0.3) is 0 Å². The van der Waals surface area contributed by atoms with Crippen molar-refractivity contribution in [3.8, 4) is 0 Å². The second-order valence-corrected chi connectivity index (χ2v) is 4.72. The minimum Gasteiger partial charge on any atom is -0.297 e. The molecule has 0 unspecified atom stereocenters. The van der Waals surface area contributed by atoms with Crippen LogP contribution in [-0.4, -0.2) is 17.3 Å². The highest BCUT2D eigenvalue weighted by atomic mass is 16.2. The predicted molar refractivity (Wildman–Crippen MR) is 63.0 cm³/mol. The van der Waals surface area contributed by atoms with Crippen molar-refractivity contribution in [2.24, 2.45) is 10.8 Å². The zero-order valence-electron chi connectivity index (χ0n) is 10.3. The summed E-state index contributed by atoms with van der Waals surface area (Å²) in [7, 11) is 0. The van der Waals surface area contributed by atoms with Gasteiger partial charge in [-0.15, -0.1) is 0 Å². The first-order valence-electron chi connectivity index (χ1n) is 5.01. The lowest BCUT2D eigenvalue weighted by Gasteiger charge is -2.29. The Kier molecular flexibility index (Phi) is 4.13. The molecule has 0 amide bonds. The number of hydrogen-bond acceptors (Lipinski definition) is 3. The Morgan fingerprint density at radius 3 is 1.25 bits per heavy atom. The van der Waals surface area contributed by atoms with Gasteiger partial charge in [0.05, 0.1) is 10.8 Å². The molecular weight excluding hydrogens is 204 g/mol. The number of hydrogen-bond donors (Lipinski definition) is 0. The van der Waals surface area contributed by atoms with Crippen LogP contribution in [0, 0.1) is 10.8 Å². The van der Waals surface area contributed by atoms with Crippen LogP contribution in [0.2, 0.25) is 0 Å². The van der Waals surface area contributed by atoms with Gasteiger partial charge in [-0.1, -0.05) is 13.2 Å². The van der Waals surface area contributed by atoms with Crippen molar-refractivity contribution in [2.45, 2.75) is 27.7 Å². The highest BCUT2D eigenvalue weighted by Gasteiger charge is 2.45. The van der Waals surface area contributed by atoms with Crippen LogP contribution < -0.4 is 0 Å². The fraction of sp³-hybridized carbons (Fsp3) is 0.462. The van der Waals surface area contributed by atoms with Crippen molar-refractivity contribution in [3.05, 3.63) is 25.3 Å². The maximum absolute atomic E-state index is 12.1. The van der Waals surface area contributed by atoms with Gasteiger partial charge in [0.15, 0.2) is 17.3 Å². The van der Waals surface area contributed by atoms with Crippen molar-refractivity contribution in [1.82, 2.24) is 0 Å². The number of ketones is 3. The molecule has 3 heteroatoms. The standard InChI is InChI=1S/C13H18O3/c1-7-9(14)12(3,4)11(16)13(5,6)10(15)8-2/h7-8H,1-2H2,3-6H3. The molecule has 0 aromatic heterocycles. The molecule has 0 aliphatic heterocycles. The fourth-order valence-electron chi connectivity index (χ4n) is 1.52. The van der Waals surface area contributed by atoms with Crippen molar-refractivity contribution in [1.29, 1.82) is 0 Å². The molecule has 0 rings (SSSR count). The smallest absolute Gasteiger partial charge is 0.168 e. The molecule has 16 heavy (non-hydrogen) atoms. The van der Waals surface area contributed by atoms with E-state index in [1.54, 1.807) is 0 Å². The first-order chi connectivity index (χ1) is 7.12. The molecule has 0 heterocycles. The number of rotatable bonds is 6. The van der Waals surface area contributed by atoms with E-state index in [1.807, 2.05) is 0 Å². The van der Waals surface area contributed by atoms with Crippen molar-refractivity contribution < 1.29 is 14.4 Å². The number of allylic oxidation sites excluding steroid dienone is 2. The number of carbonyl (C=O) groups is 3. The van der Waals surface area contributed by atoms with Gasteiger partial charge in [-0.2, -0.15) is 0 Å². The molecule has 0 saturated heterocycles. The largest absolute Gasteiger partial charge is 0.297 e. The second-order valence-electron chi connectivity index (χ2n) is 4.72. The third-order valence-corrected chi connectivity index (χ3v) is 2.74. The summed E-state index contributed by atoms with van der Waals surface area (Å²) in [5.74, 6) is -1.19. The minimum absolute atomic E-state index is 0.387. The van der Waals surface area contributed by atoms with E-state index in [4.69, 9.17) is 0 Å². The number of Topliss-reactive ketones (excluding diaryl/α,β-unsaturated/α-hetero) is 1. The second kappa shape index (κ2) is 4.56. The lowest BCUT2D eigenvalue weighted by molar-refractivity contribution is -0.145. The van der Waals surface area contributed by atoms with Crippen LogP contribution in [0.25, 0.3) is 0 Å². The lowest BCUT2D eigenvalue weighted by atomic mass is 9.69. The van der Waals surface area contributed by atoms with Crippen LogP contribution in [-0.2, 0) is 14.4 Å². The van der Waals surface area contributed by atoms with Crippen LogP contribution >= 0.6 is 0 Å². The molecule has 88 valence electrons. The molecular formula is C13H18O3. The van der Waals surface area contributed by atoms with Gasteiger partial charge in [-0.05, 0) is 39.8 Å². The molecule has 0 aromatic rings. The zero-order valence-corrected chi connectivity index (χ0v) is 10.3. The van der Waals surface area contributed by atoms with E-state index < -0.39 is 16.6 Å². The summed E-state index contributed by atoms with van der Waals surface area (Å²) in [5.41, 5.74) is -2.46. The summed E-state index contributed by atoms with van der Waals surface area (Å²) < 4.78 is 0. The van der Waals surface area contributed by atoms with Crippen LogP contribution in [0.1, 0.15) is 27.7 Å². The molecule has 0 aliphatic carbocycles. The first kappa shape index (κ1) is 14.5. The van der Waals surface area contributed by atoms with Crippen molar-refractivity contribution in [2.75, 3.05) is 0 Å². The Bertz CT molecular complexity index is 325. The van der Waals surface area contributed by atoms with Crippen LogP contribution in [0.4, 0.5) is 0 Å². The summed E-state index contributed by atoms with van der Waals surface area (Å²) in [6.45, 7) is 12.7. The van der Waals surface area contributed by atoms with Crippen molar-refractivity contribution in [3.63, 3.8) is 0 Å². The Morgan fingerprint density at radius 2 is 1.06 bits per heavy atom. The average Bonchev–Trinajstić information content (AvgIpc) is 2.25. The van der Waals surface area contributed by atoms with E-state index >= 15 is 0 Å². The maximum Gasteiger partial charge on any atom is 0.168 e. The van der Waals surface area contributed by atoms with E-state index in [-0.39, 0.29) is 11.6 Å². The average molecular weight is 222 g/mol. The van der Waals surface area contributed by atoms with Gasteiger partial charge in [-0.25, -0.2) is 0 Å². The van der Waals surface area contributed by atoms with Gasteiger partial charge in [0.2, 0.25) is 0 Å². The third kappa shape index (κ3) is 2.35. The molecule has 0 aromatic carbocycles. The topological polar surface area (TPSA) is 51.2 Å².